The maximum Gasteiger partial charge on any atom is 0.212 e. The summed E-state index contributed by atoms with van der Waals surface area (Å²) in [6, 6.07) is -0.276. The Labute approximate surface area is 100 Å². The molecule has 3 N–H and O–H groups in total. The first-order valence-electron chi connectivity index (χ1n) is 5.06. The first-order valence-corrected chi connectivity index (χ1v) is 7.60. The summed E-state index contributed by atoms with van der Waals surface area (Å²) in [5.74, 6) is 0.0677. The monoisotopic (exact) mass is 263 g/mol. The molecule has 0 saturated carbocycles. The van der Waals surface area contributed by atoms with Crippen molar-refractivity contribution in [1.29, 1.82) is 0 Å². The number of sulfonamides is 1. The average Bonchev–Trinajstić information content (AvgIpc) is 2.61. The molecule has 0 aromatic carbocycles. The van der Waals surface area contributed by atoms with E-state index in [2.05, 4.69) is 9.71 Å². The minimum absolute atomic E-state index is 0.0677. The molecule has 1 aromatic heterocycles. The number of hydrogen-bond acceptors (Lipinski definition) is 5. The van der Waals surface area contributed by atoms with Crippen molar-refractivity contribution in [3.63, 3.8) is 0 Å². The molecule has 16 heavy (non-hydrogen) atoms. The van der Waals surface area contributed by atoms with Crippen LogP contribution in [0, 0.1) is 6.92 Å². The molecule has 0 bridgehead atoms. The minimum atomic E-state index is -3.25. The zero-order chi connectivity index (χ0) is 12.2. The number of aromatic nitrogens is 1. The SMILES string of the molecule is Cc1csc(C(C)NS(=O)(=O)CCCN)n1. The Balaban J connectivity index is 2.60. The van der Waals surface area contributed by atoms with Crippen molar-refractivity contribution in [2.75, 3.05) is 12.3 Å². The number of hydrogen-bond donors (Lipinski definition) is 2. The zero-order valence-corrected chi connectivity index (χ0v) is 11.1. The van der Waals surface area contributed by atoms with Gasteiger partial charge < -0.3 is 5.73 Å². The topological polar surface area (TPSA) is 85.1 Å². The molecule has 0 fully saturated rings. The highest BCUT2D eigenvalue weighted by atomic mass is 32.2. The molecule has 1 heterocycles. The third-order valence-corrected chi connectivity index (χ3v) is 4.66. The van der Waals surface area contributed by atoms with Gasteiger partial charge >= 0.3 is 0 Å². The third-order valence-electron chi connectivity index (χ3n) is 1.98. The van der Waals surface area contributed by atoms with E-state index in [4.69, 9.17) is 5.73 Å². The third kappa shape index (κ3) is 4.17. The van der Waals surface area contributed by atoms with Crippen LogP contribution in [0.5, 0.6) is 0 Å². The number of thiazole rings is 1. The molecular formula is C9H17N3O2S2. The van der Waals surface area contributed by atoms with Crippen LogP contribution in [0.3, 0.4) is 0 Å². The van der Waals surface area contributed by atoms with E-state index < -0.39 is 10.0 Å². The van der Waals surface area contributed by atoms with Gasteiger partial charge in [0.05, 0.1) is 11.8 Å². The van der Waals surface area contributed by atoms with E-state index in [-0.39, 0.29) is 11.8 Å². The molecule has 0 aliphatic carbocycles. The molecule has 0 aliphatic rings. The normalized spacial score (nSPS) is 13.9. The first-order chi connectivity index (χ1) is 7.44. The van der Waals surface area contributed by atoms with Crippen molar-refractivity contribution < 1.29 is 8.42 Å². The number of nitrogens with two attached hydrogens (primary N) is 1. The summed E-state index contributed by atoms with van der Waals surface area (Å²) >= 11 is 1.46. The summed E-state index contributed by atoms with van der Waals surface area (Å²) in [5.41, 5.74) is 6.19. The van der Waals surface area contributed by atoms with Gasteiger partial charge in [0, 0.05) is 11.1 Å². The van der Waals surface area contributed by atoms with Crippen LogP contribution in [0.15, 0.2) is 5.38 Å². The number of nitrogens with zero attached hydrogens (tertiary/aromatic N) is 1. The van der Waals surface area contributed by atoms with Crippen molar-refractivity contribution in [3.8, 4) is 0 Å². The van der Waals surface area contributed by atoms with Crippen LogP contribution in [0.4, 0.5) is 0 Å². The molecule has 0 aliphatic heterocycles. The predicted octanol–water partition coefficient (Wildman–Crippen LogP) is 0.781. The van der Waals surface area contributed by atoms with Gasteiger partial charge in [0.2, 0.25) is 10.0 Å². The fraction of sp³-hybridized carbons (Fsp3) is 0.667. The Morgan fingerprint density at radius 3 is 2.81 bits per heavy atom. The summed E-state index contributed by atoms with van der Waals surface area (Å²) in [6.07, 6.45) is 0.471. The molecule has 0 radical (unpaired) electrons. The van der Waals surface area contributed by atoms with Crippen molar-refractivity contribution in [1.82, 2.24) is 9.71 Å². The molecule has 0 saturated heterocycles. The van der Waals surface area contributed by atoms with E-state index in [1.54, 1.807) is 6.92 Å². The minimum Gasteiger partial charge on any atom is -0.330 e. The Hall–Kier alpha value is -0.500. The molecular weight excluding hydrogens is 246 g/mol. The molecule has 1 rings (SSSR count). The Kier molecular flexibility index (Phi) is 4.85. The Morgan fingerprint density at radius 1 is 1.62 bits per heavy atom. The van der Waals surface area contributed by atoms with Crippen LogP contribution in [0.1, 0.15) is 30.1 Å². The highest BCUT2D eigenvalue weighted by Gasteiger charge is 2.17. The van der Waals surface area contributed by atoms with Crippen LogP contribution in [0.2, 0.25) is 0 Å². The second-order valence-corrected chi connectivity index (χ2v) is 6.39. The smallest absolute Gasteiger partial charge is 0.212 e. The van der Waals surface area contributed by atoms with Crippen LogP contribution in [-0.2, 0) is 10.0 Å². The molecule has 0 amide bonds. The molecule has 1 unspecified atom stereocenters. The molecule has 1 atom stereocenters. The van der Waals surface area contributed by atoms with E-state index in [1.165, 1.54) is 11.3 Å². The Bertz CT molecular complexity index is 428. The van der Waals surface area contributed by atoms with Crippen LogP contribution >= 0.6 is 11.3 Å². The summed E-state index contributed by atoms with van der Waals surface area (Å²) < 4.78 is 25.8. The Morgan fingerprint density at radius 2 is 2.31 bits per heavy atom. The van der Waals surface area contributed by atoms with E-state index in [0.717, 1.165) is 10.7 Å². The average molecular weight is 263 g/mol. The van der Waals surface area contributed by atoms with E-state index >= 15 is 0 Å². The van der Waals surface area contributed by atoms with Gasteiger partial charge in [0.15, 0.2) is 0 Å². The maximum absolute atomic E-state index is 11.6. The maximum atomic E-state index is 11.6. The molecule has 92 valence electrons. The second kappa shape index (κ2) is 5.72. The molecule has 1 aromatic rings. The van der Waals surface area contributed by atoms with E-state index in [9.17, 15) is 8.42 Å². The van der Waals surface area contributed by atoms with Crippen molar-refractivity contribution >= 4 is 21.4 Å². The van der Waals surface area contributed by atoms with Crippen molar-refractivity contribution in [2.45, 2.75) is 26.3 Å². The van der Waals surface area contributed by atoms with Gasteiger partial charge in [0.1, 0.15) is 5.01 Å². The summed E-state index contributed by atoms with van der Waals surface area (Å²) in [4.78, 5) is 4.24. The molecule has 5 nitrogen and oxygen atoms in total. The second-order valence-electron chi connectivity index (χ2n) is 3.63. The lowest BCUT2D eigenvalue weighted by atomic mass is 10.4. The first kappa shape index (κ1) is 13.6. The summed E-state index contributed by atoms with van der Waals surface area (Å²) in [5, 5.41) is 2.69. The van der Waals surface area contributed by atoms with Crippen molar-refractivity contribution in [2.24, 2.45) is 5.73 Å². The van der Waals surface area contributed by atoms with Gasteiger partial charge in [-0.15, -0.1) is 11.3 Å². The quantitative estimate of drug-likeness (QED) is 0.794. The molecule has 7 heteroatoms. The van der Waals surface area contributed by atoms with Crippen LogP contribution < -0.4 is 10.5 Å². The van der Waals surface area contributed by atoms with Gasteiger partial charge in [-0.3, -0.25) is 0 Å². The van der Waals surface area contributed by atoms with Crippen LogP contribution in [-0.4, -0.2) is 25.7 Å². The van der Waals surface area contributed by atoms with Gasteiger partial charge in [-0.05, 0) is 26.8 Å². The number of rotatable bonds is 6. The summed E-state index contributed by atoms with van der Waals surface area (Å²) in [6.45, 7) is 4.06. The highest BCUT2D eigenvalue weighted by Crippen LogP contribution is 2.18. The van der Waals surface area contributed by atoms with Gasteiger partial charge in [-0.25, -0.2) is 18.1 Å². The number of nitrogens with one attached hydrogen (secondary N) is 1. The summed E-state index contributed by atoms with van der Waals surface area (Å²) in [7, 11) is -3.25. The number of aryl methyl sites for hydroxylation is 1. The highest BCUT2D eigenvalue weighted by molar-refractivity contribution is 7.89. The lowest BCUT2D eigenvalue weighted by Crippen LogP contribution is -2.29. The predicted molar refractivity (Wildman–Crippen MR) is 65.9 cm³/mol. The zero-order valence-electron chi connectivity index (χ0n) is 9.43. The largest absolute Gasteiger partial charge is 0.330 e. The fourth-order valence-corrected chi connectivity index (χ4v) is 3.42. The fourth-order valence-electron chi connectivity index (χ4n) is 1.22. The van der Waals surface area contributed by atoms with Gasteiger partial charge in [0.25, 0.3) is 0 Å². The van der Waals surface area contributed by atoms with E-state index in [0.29, 0.717) is 13.0 Å². The molecule has 0 spiro atoms. The van der Waals surface area contributed by atoms with Crippen molar-refractivity contribution in [3.05, 3.63) is 16.1 Å². The van der Waals surface area contributed by atoms with Gasteiger partial charge in [-0.2, -0.15) is 0 Å². The lowest BCUT2D eigenvalue weighted by molar-refractivity contribution is 0.564. The lowest BCUT2D eigenvalue weighted by Gasteiger charge is -2.11. The van der Waals surface area contributed by atoms with Gasteiger partial charge in [-0.1, -0.05) is 0 Å². The van der Waals surface area contributed by atoms with E-state index in [1.807, 2.05) is 12.3 Å². The standard InChI is InChI=1S/C9H17N3O2S2/c1-7-6-15-9(11-7)8(2)12-16(13,14)5-3-4-10/h6,8,12H,3-5,10H2,1-2H3. The van der Waals surface area contributed by atoms with Crippen LogP contribution in [0.25, 0.3) is 0 Å².